The van der Waals surface area contributed by atoms with Crippen molar-refractivity contribution in [2.24, 2.45) is 23.5 Å². The fourth-order valence-corrected chi connectivity index (χ4v) is 3.40. The van der Waals surface area contributed by atoms with Gasteiger partial charge in [-0.25, -0.2) is 0 Å². The van der Waals surface area contributed by atoms with Crippen molar-refractivity contribution >= 4 is 0 Å². The van der Waals surface area contributed by atoms with E-state index in [2.05, 4.69) is 34.6 Å². The lowest BCUT2D eigenvalue weighted by molar-refractivity contribution is -0.148. The van der Waals surface area contributed by atoms with E-state index in [9.17, 15) is 0 Å². The van der Waals surface area contributed by atoms with Crippen molar-refractivity contribution in [3.63, 3.8) is 0 Å². The highest BCUT2D eigenvalue weighted by Crippen LogP contribution is 2.43. The second kappa shape index (κ2) is 5.50. The summed E-state index contributed by atoms with van der Waals surface area (Å²) >= 11 is 0. The molecule has 3 atom stereocenters. The molecule has 2 heteroatoms. The molecule has 0 aliphatic heterocycles. The lowest BCUT2D eigenvalue weighted by Gasteiger charge is -2.48. The minimum atomic E-state index is -0.0694. The van der Waals surface area contributed by atoms with Crippen LogP contribution in [-0.2, 0) is 4.74 Å². The molecule has 0 saturated heterocycles. The Balaban J connectivity index is 2.87. The first-order chi connectivity index (χ1) is 7.41. The van der Waals surface area contributed by atoms with E-state index in [4.69, 9.17) is 10.5 Å². The minimum Gasteiger partial charge on any atom is -0.371 e. The highest BCUT2D eigenvalue weighted by Gasteiger charge is 2.44. The molecular weight excluding hydrogens is 198 g/mol. The summed E-state index contributed by atoms with van der Waals surface area (Å²) in [5.74, 6) is 2.03. The molecule has 2 nitrogen and oxygen atoms in total. The second-order valence-corrected chi connectivity index (χ2v) is 6.17. The Labute approximate surface area is 101 Å². The van der Waals surface area contributed by atoms with Crippen molar-refractivity contribution in [2.75, 3.05) is 6.54 Å². The first-order valence-electron chi connectivity index (χ1n) is 6.79. The summed E-state index contributed by atoms with van der Waals surface area (Å²) in [6, 6.07) is 0. The third-order valence-electron chi connectivity index (χ3n) is 3.96. The molecule has 0 heterocycles. The molecule has 96 valence electrons. The Morgan fingerprint density at radius 1 is 1.25 bits per heavy atom. The average molecular weight is 227 g/mol. The van der Waals surface area contributed by atoms with Gasteiger partial charge in [0, 0.05) is 6.54 Å². The summed E-state index contributed by atoms with van der Waals surface area (Å²) in [7, 11) is 0. The van der Waals surface area contributed by atoms with Crippen molar-refractivity contribution in [1.82, 2.24) is 0 Å². The summed E-state index contributed by atoms with van der Waals surface area (Å²) in [4.78, 5) is 0. The molecule has 0 radical (unpaired) electrons. The Bertz CT molecular complexity index is 211. The van der Waals surface area contributed by atoms with Gasteiger partial charge in [0.2, 0.25) is 0 Å². The van der Waals surface area contributed by atoms with Crippen molar-refractivity contribution in [3.05, 3.63) is 0 Å². The Morgan fingerprint density at radius 2 is 1.88 bits per heavy atom. The van der Waals surface area contributed by atoms with Gasteiger partial charge in [-0.2, -0.15) is 0 Å². The Morgan fingerprint density at radius 3 is 2.31 bits per heavy atom. The summed E-state index contributed by atoms with van der Waals surface area (Å²) in [5.41, 5.74) is 5.98. The molecule has 1 fully saturated rings. The lowest BCUT2D eigenvalue weighted by atomic mass is 9.67. The third-order valence-corrected chi connectivity index (χ3v) is 3.96. The highest BCUT2D eigenvalue weighted by atomic mass is 16.5. The van der Waals surface area contributed by atoms with Gasteiger partial charge in [0.05, 0.1) is 11.7 Å². The molecular formula is C14H29NO. The zero-order chi connectivity index (χ0) is 12.3. The van der Waals surface area contributed by atoms with Gasteiger partial charge in [-0.05, 0) is 44.4 Å². The minimum absolute atomic E-state index is 0.0694. The van der Waals surface area contributed by atoms with E-state index >= 15 is 0 Å². The molecule has 1 aliphatic carbocycles. The maximum absolute atomic E-state index is 6.25. The molecule has 0 aromatic heterocycles. The smallest absolute Gasteiger partial charge is 0.0840 e. The van der Waals surface area contributed by atoms with E-state index in [0.717, 1.165) is 12.3 Å². The van der Waals surface area contributed by atoms with Crippen LogP contribution in [0.3, 0.4) is 0 Å². The number of hydrogen-bond donors (Lipinski definition) is 1. The van der Waals surface area contributed by atoms with E-state index in [-0.39, 0.29) is 11.7 Å². The van der Waals surface area contributed by atoms with E-state index in [1.54, 1.807) is 0 Å². The van der Waals surface area contributed by atoms with Gasteiger partial charge in [0.25, 0.3) is 0 Å². The molecule has 0 spiro atoms. The summed E-state index contributed by atoms with van der Waals surface area (Å²) in [6.45, 7) is 11.8. The van der Waals surface area contributed by atoms with Crippen LogP contribution in [-0.4, -0.2) is 18.2 Å². The normalized spacial score (nSPS) is 36.0. The first kappa shape index (κ1) is 14.0. The predicted octanol–water partition coefficient (Wildman–Crippen LogP) is 3.20. The fraction of sp³-hybridized carbons (Fsp3) is 1.00. The van der Waals surface area contributed by atoms with Crippen LogP contribution in [0.25, 0.3) is 0 Å². The predicted molar refractivity (Wildman–Crippen MR) is 69.3 cm³/mol. The standard InChI is InChI=1S/C14H29NO/c1-10(2)13-7-6-12(5)8-14(13,9-15)16-11(3)4/h10-13H,6-9,15H2,1-5H3. The van der Waals surface area contributed by atoms with Crippen LogP contribution in [0, 0.1) is 17.8 Å². The highest BCUT2D eigenvalue weighted by molar-refractivity contribution is 4.96. The van der Waals surface area contributed by atoms with Gasteiger partial charge >= 0.3 is 0 Å². The van der Waals surface area contributed by atoms with E-state index in [1.807, 2.05) is 0 Å². The van der Waals surface area contributed by atoms with Crippen LogP contribution >= 0.6 is 0 Å². The molecule has 1 rings (SSSR count). The molecule has 0 amide bonds. The molecule has 3 unspecified atom stereocenters. The lowest BCUT2D eigenvalue weighted by Crippen LogP contribution is -2.54. The summed E-state index contributed by atoms with van der Waals surface area (Å²) in [5, 5.41) is 0. The molecule has 0 aromatic rings. The monoisotopic (exact) mass is 227 g/mol. The number of ether oxygens (including phenoxy) is 1. The van der Waals surface area contributed by atoms with Gasteiger partial charge < -0.3 is 10.5 Å². The third kappa shape index (κ3) is 2.98. The topological polar surface area (TPSA) is 35.2 Å². The van der Waals surface area contributed by atoms with E-state index < -0.39 is 0 Å². The van der Waals surface area contributed by atoms with Crippen LogP contribution in [0.15, 0.2) is 0 Å². The maximum Gasteiger partial charge on any atom is 0.0840 e. The van der Waals surface area contributed by atoms with Crippen molar-refractivity contribution in [2.45, 2.75) is 65.6 Å². The van der Waals surface area contributed by atoms with Crippen molar-refractivity contribution < 1.29 is 4.74 Å². The number of hydrogen-bond acceptors (Lipinski definition) is 2. The summed E-state index contributed by atoms with van der Waals surface area (Å²) < 4.78 is 6.25. The maximum atomic E-state index is 6.25. The van der Waals surface area contributed by atoms with Gasteiger partial charge in [-0.15, -0.1) is 0 Å². The molecule has 2 N–H and O–H groups in total. The van der Waals surface area contributed by atoms with Crippen LogP contribution in [0.1, 0.15) is 53.9 Å². The van der Waals surface area contributed by atoms with Gasteiger partial charge in [0.15, 0.2) is 0 Å². The van der Waals surface area contributed by atoms with E-state index in [0.29, 0.717) is 18.4 Å². The first-order valence-corrected chi connectivity index (χ1v) is 6.79. The van der Waals surface area contributed by atoms with Gasteiger partial charge in [-0.1, -0.05) is 27.2 Å². The molecule has 16 heavy (non-hydrogen) atoms. The molecule has 1 saturated carbocycles. The average Bonchev–Trinajstić information content (AvgIpc) is 2.16. The quantitative estimate of drug-likeness (QED) is 0.800. The van der Waals surface area contributed by atoms with Gasteiger partial charge in [-0.3, -0.25) is 0 Å². The molecule has 1 aliphatic rings. The van der Waals surface area contributed by atoms with Crippen LogP contribution in [0.2, 0.25) is 0 Å². The van der Waals surface area contributed by atoms with E-state index in [1.165, 1.54) is 12.8 Å². The molecule has 0 bridgehead atoms. The Hall–Kier alpha value is -0.0800. The van der Waals surface area contributed by atoms with Gasteiger partial charge in [0.1, 0.15) is 0 Å². The molecule has 0 aromatic carbocycles. The van der Waals surface area contributed by atoms with Crippen molar-refractivity contribution in [3.8, 4) is 0 Å². The number of nitrogens with two attached hydrogens (primary N) is 1. The number of rotatable bonds is 4. The zero-order valence-electron chi connectivity index (χ0n) is 11.6. The van der Waals surface area contributed by atoms with Crippen LogP contribution < -0.4 is 5.73 Å². The fourth-order valence-electron chi connectivity index (χ4n) is 3.40. The largest absolute Gasteiger partial charge is 0.371 e. The SMILES string of the molecule is CC1CCC(C(C)C)C(CN)(OC(C)C)C1. The summed E-state index contributed by atoms with van der Waals surface area (Å²) in [6.07, 6.45) is 3.99. The second-order valence-electron chi connectivity index (χ2n) is 6.17. The van der Waals surface area contributed by atoms with Crippen molar-refractivity contribution in [1.29, 1.82) is 0 Å². The Kier molecular flexibility index (Phi) is 4.81. The zero-order valence-corrected chi connectivity index (χ0v) is 11.6. The van der Waals surface area contributed by atoms with Crippen LogP contribution in [0.5, 0.6) is 0 Å². The van der Waals surface area contributed by atoms with Crippen LogP contribution in [0.4, 0.5) is 0 Å².